The number of fused-ring (bicyclic) bond motifs is 1. The van der Waals surface area contributed by atoms with Crippen molar-refractivity contribution in [2.75, 3.05) is 13.1 Å². The van der Waals surface area contributed by atoms with E-state index >= 15 is 0 Å². The summed E-state index contributed by atoms with van der Waals surface area (Å²) in [5.41, 5.74) is 2.28. The maximum atomic E-state index is 13.1. The zero-order chi connectivity index (χ0) is 16.5. The number of amides is 2. The fourth-order valence-electron chi connectivity index (χ4n) is 3.78. The Hall–Kier alpha value is -2.56. The molecule has 2 aliphatic rings. The van der Waals surface area contributed by atoms with E-state index in [0.717, 1.165) is 17.8 Å². The van der Waals surface area contributed by atoms with Crippen molar-refractivity contribution < 1.29 is 9.59 Å². The monoisotopic (exact) mass is 323 g/mol. The molecule has 1 N–H and O–H groups in total. The van der Waals surface area contributed by atoms with E-state index in [0.29, 0.717) is 25.9 Å². The third-order valence-corrected chi connectivity index (χ3v) is 5.05. The van der Waals surface area contributed by atoms with Gasteiger partial charge in [-0.05, 0) is 24.1 Å². The van der Waals surface area contributed by atoms with Gasteiger partial charge in [0.2, 0.25) is 11.8 Å². The Kier molecular flexibility index (Phi) is 3.84. The molecule has 1 aromatic carbocycles. The van der Waals surface area contributed by atoms with Gasteiger partial charge in [0.1, 0.15) is 0 Å². The van der Waals surface area contributed by atoms with E-state index in [4.69, 9.17) is 0 Å². The zero-order valence-corrected chi connectivity index (χ0v) is 13.5. The molecule has 4 rings (SSSR count). The second-order valence-corrected chi connectivity index (χ2v) is 6.51. The van der Waals surface area contributed by atoms with Gasteiger partial charge >= 0.3 is 0 Å². The molecule has 0 saturated carbocycles. The van der Waals surface area contributed by atoms with Crippen molar-refractivity contribution in [3.8, 4) is 0 Å². The molecule has 2 amide bonds. The molecular formula is C19H21N3O2. The fraction of sp³-hybridized carbons (Fsp3) is 0.368. The second kappa shape index (κ2) is 6.15. The van der Waals surface area contributed by atoms with Crippen LogP contribution >= 0.6 is 0 Å². The maximum absolute atomic E-state index is 13.1. The summed E-state index contributed by atoms with van der Waals surface area (Å²) in [5.74, 6) is 0.0814. The van der Waals surface area contributed by atoms with Gasteiger partial charge in [0.05, 0.1) is 12.0 Å². The third kappa shape index (κ3) is 2.60. The van der Waals surface area contributed by atoms with Crippen LogP contribution in [0.15, 0.2) is 48.7 Å². The van der Waals surface area contributed by atoms with Crippen molar-refractivity contribution in [2.24, 2.45) is 5.92 Å². The summed E-state index contributed by atoms with van der Waals surface area (Å²) < 4.78 is 2.23. The van der Waals surface area contributed by atoms with Crippen LogP contribution in [0.5, 0.6) is 0 Å². The predicted octanol–water partition coefficient (Wildman–Crippen LogP) is 1.95. The Morgan fingerprint density at radius 3 is 2.67 bits per heavy atom. The van der Waals surface area contributed by atoms with Crippen molar-refractivity contribution in [1.82, 2.24) is 14.8 Å². The van der Waals surface area contributed by atoms with Gasteiger partial charge in [-0.3, -0.25) is 9.59 Å². The summed E-state index contributed by atoms with van der Waals surface area (Å²) in [7, 11) is 0. The van der Waals surface area contributed by atoms with E-state index in [9.17, 15) is 9.59 Å². The Bertz CT molecular complexity index is 743. The van der Waals surface area contributed by atoms with Gasteiger partial charge < -0.3 is 14.8 Å². The van der Waals surface area contributed by atoms with Crippen molar-refractivity contribution in [3.63, 3.8) is 0 Å². The highest BCUT2D eigenvalue weighted by atomic mass is 16.2. The highest BCUT2D eigenvalue weighted by molar-refractivity contribution is 5.84. The van der Waals surface area contributed by atoms with Crippen LogP contribution < -0.4 is 5.32 Å². The molecule has 1 fully saturated rings. The van der Waals surface area contributed by atoms with Crippen LogP contribution in [0, 0.1) is 5.92 Å². The summed E-state index contributed by atoms with van der Waals surface area (Å²) in [4.78, 5) is 26.5. The number of piperidine rings is 1. The van der Waals surface area contributed by atoms with Crippen LogP contribution in [0.25, 0.3) is 0 Å². The van der Waals surface area contributed by atoms with Gasteiger partial charge in [0, 0.05) is 37.9 Å². The van der Waals surface area contributed by atoms with Gasteiger partial charge in [0.15, 0.2) is 0 Å². The smallest absolute Gasteiger partial charge is 0.228 e. The number of rotatable bonds is 2. The van der Waals surface area contributed by atoms with Crippen LogP contribution in [0.3, 0.4) is 0 Å². The molecule has 0 spiro atoms. The first-order chi connectivity index (χ1) is 11.7. The van der Waals surface area contributed by atoms with Crippen molar-refractivity contribution in [2.45, 2.75) is 25.4 Å². The molecule has 0 bridgehead atoms. The number of aromatic nitrogens is 1. The fourth-order valence-corrected chi connectivity index (χ4v) is 3.78. The van der Waals surface area contributed by atoms with Gasteiger partial charge in [-0.25, -0.2) is 0 Å². The highest BCUT2D eigenvalue weighted by Gasteiger charge is 2.36. The first-order valence-electron chi connectivity index (χ1n) is 8.51. The van der Waals surface area contributed by atoms with Crippen molar-refractivity contribution >= 4 is 11.8 Å². The summed E-state index contributed by atoms with van der Waals surface area (Å²) >= 11 is 0. The number of hydrogen-bond donors (Lipinski definition) is 1. The molecule has 0 aliphatic carbocycles. The van der Waals surface area contributed by atoms with Gasteiger partial charge in [-0.15, -0.1) is 0 Å². The SMILES string of the molecule is O=C1CC[C@H](C(=O)N2CCn3cccc3[C@@H]2c2ccccc2)CN1. The molecule has 2 atom stereocenters. The highest BCUT2D eigenvalue weighted by Crippen LogP contribution is 2.34. The summed E-state index contributed by atoms with van der Waals surface area (Å²) in [5, 5.41) is 2.83. The number of benzene rings is 1. The largest absolute Gasteiger partial charge is 0.355 e. The van der Waals surface area contributed by atoms with Gasteiger partial charge in [-0.1, -0.05) is 30.3 Å². The lowest BCUT2D eigenvalue weighted by molar-refractivity contribution is -0.140. The van der Waals surface area contributed by atoms with E-state index in [2.05, 4.69) is 34.3 Å². The lowest BCUT2D eigenvalue weighted by Crippen LogP contribution is -2.49. The Balaban J connectivity index is 1.66. The van der Waals surface area contributed by atoms with Gasteiger partial charge in [0.25, 0.3) is 0 Å². The lowest BCUT2D eigenvalue weighted by atomic mass is 9.94. The topological polar surface area (TPSA) is 54.3 Å². The Morgan fingerprint density at radius 1 is 1.08 bits per heavy atom. The van der Waals surface area contributed by atoms with Crippen molar-refractivity contribution in [3.05, 3.63) is 59.9 Å². The molecule has 0 unspecified atom stereocenters. The van der Waals surface area contributed by atoms with Crippen LogP contribution in [0.2, 0.25) is 0 Å². The van der Waals surface area contributed by atoms with E-state index in [1.165, 1.54) is 0 Å². The second-order valence-electron chi connectivity index (χ2n) is 6.51. The van der Waals surface area contributed by atoms with Crippen LogP contribution in [-0.4, -0.2) is 34.4 Å². The van der Waals surface area contributed by atoms with E-state index in [1.807, 2.05) is 29.2 Å². The molecule has 2 aliphatic heterocycles. The minimum atomic E-state index is -0.115. The third-order valence-electron chi connectivity index (χ3n) is 5.05. The van der Waals surface area contributed by atoms with E-state index in [1.54, 1.807) is 0 Å². The molecule has 0 radical (unpaired) electrons. The molecule has 5 nitrogen and oxygen atoms in total. The van der Waals surface area contributed by atoms with E-state index < -0.39 is 0 Å². The molecule has 1 aromatic heterocycles. The molecular weight excluding hydrogens is 302 g/mol. The molecule has 124 valence electrons. The quantitative estimate of drug-likeness (QED) is 0.918. The zero-order valence-electron chi connectivity index (χ0n) is 13.5. The minimum absolute atomic E-state index is 0.0474. The molecule has 1 saturated heterocycles. The molecule has 24 heavy (non-hydrogen) atoms. The summed E-state index contributed by atoms with van der Waals surface area (Å²) in [6, 6.07) is 14.3. The summed E-state index contributed by atoms with van der Waals surface area (Å²) in [6.07, 6.45) is 3.16. The number of nitrogens with one attached hydrogen (secondary N) is 1. The number of hydrogen-bond acceptors (Lipinski definition) is 2. The average Bonchev–Trinajstić information content (AvgIpc) is 3.10. The Labute approximate surface area is 141 Å². The van der Waals surface area contributed by atoms with Crippen molar-refractivity contribution in [1.29, 1.82) is 0 Å². The normalized spacial score (nSPS) is 23.5. The molecule has 2 aromatic rings. The van der Waals surface area contributed by atoms with Crippen LogP contribution in [-0.2, 0) is 16.1 Å². The minimum Gasteiger partial charge on any atom is -0.355 e. The molecule has 3 heterocycles. The predicted molar refractivity (Wildman–Crippen MR) is 90.2 cm³/mol. The lowest BCUT2D eigenvalue weighted by Gasteiger charge is -2.39. The number of carbonyl (C=O) groups excluding carboxylic acids is 2. The first kappa shape index (κ1) is 15.0. The first-order valence-corrected chi connectivity index (χ1v) is 8.51. The number of nitrogens with zero attached hydrogens (tertiary/aromatic N) is 2. The van der Waals surface area contributed by atoms with E-state index in [-0.39, 0.29) is 23.8 Å². The maximum Gasteiger partial charge on any atom is 0.228 e. The van der Waals surface area contributed by atoms with Crippen LogP contribution in [0.4, 0.5) is 0 Å². The standard InChI is InChI=1S/C19H21N3O2/c23-17-9-8-15(13-20-17)19(24)22-12-11-21-10-4-7-16(21)18(22)14-5-2-1-3-6-14/h1-7,10,15,18H,8-9,11-13H2,(H,20,23)/t15-,18-/m0/s1. The summed E-state index contributed by atoms with van der Waals surface area (Å²) in [6.45, 7) is 1.97. The molecule has 5 heteroatoms. The average molecular weight is 323 g/mol. The Morgan fingerprint density at radius 2 is 1.92 bits per heavy atom. The van der Waals surface area contributed by atoms with Crippen LogP contribution in [0.1, 0.15) is 30.1 Å². The van der Waals surface area contributed by atoms with Gasteiger partial charge in [-0.2, -0.15) is 0 Å². The number of carbonyl (C=O) groups is 2.